The van der Waals surface area contributed by atoms with Crippen molar-refractivity contribution in [2.75, 3.05) is 19.0 Å². The van der Waals surface area contributed by atoms with Crippen LogP contribution in [-0.2, 0) is 16.0 Å². The molecule has 2 rings (SSSR count). The van der Waals surface area contributed by atoms with E-state index in [9.17, 15) is 14.4 Å². The number of anilines is 1. The standard InChI is InChI=1S/C18H22N2O4S2/c1-11(2)8-13-10-26-17(15(13)18(23)24-3)20-14(21)4-6-19-16(22)12-5-7-25-9-12/h5,7,9-11H,4,6,8H2,1-3H3,(H,19,22)(H,20,21). The fourth-order valence-corrected chi connectivity index (χ4v) is 3.99. The molecule has 0 aliphatic carbocycles. The Balaban J connectivity index is 1.94. The summed E-state index contributed by atoms with van der Waals surface area (Å²) in [5.41, 5.74) is 1.87. The van der Waals surface area contributed by atoms with Crippen LogP contribution in [-0.4, -0.2) is 31.4 Å². The third-order valence-corrected chi connectivity index (χ3v) is 5.19. The third kappa shape index (κ3) is 5.40. The Hall–Kier alpha value is -2.19. The van der Waals surface area contributed by atoms with Crippen LogP contribution in [0.25, 0.3) is 0 Å². The number of nitrogens with one attached hydrogen (secondary N) is 2. The largest absolute Gasteiger partial charge is 0.465 e. The van der Waals surface area contributed by atoms with Crippen molar-refractivity contribution in [2.24, 2.45) is 5.92 Å². The van der Waals surface area contributed by atoms with Gasteiger partial charge in [-0.25, -0.2) is 4.79 Å². The highest BCUT2D eigenvalue weighted by molar-refractivity contribution is 7.15. The number of hydrogen-bond acceptors (Lipinski definition) is 6. The average molecular weight is 395 g/mol. The van der Waals surface area contributed by atoms with E-state index in [4.69, 9.17) is 4.74 Å². The fourth-order valence-electron chi connectivity index (χ4n) is 2.38. The minimum absolute atomic E-state index is 0.119. The molecule has 2 aromatic heterocycles. The molecule has 2 N–H and O–H groups in total. The van der Waals surface area contributed by atoms with E-state index in [1.807, 2.05) is 10.8 Å². The van der Waals surface area contributed by atoms with E-state index in [0.29, 0.717) is 22.0 Å². The van der Waals surface area contributed by atoms with Crippen LogP contribution in [0.15, 0.2) is 22.2 Å². The Morgan fingerprint density at radius 2 is 2.00 bits per heavy atom. The van der Waals surface area contributed by atoms with Gasteiger partial charge in [-0.1, -0.05) is 13.8 Å². The lowest BCUT2D eigenvalue weighted by Gasteiger charge is -2.09. The smallest absolute Gasteiger partial charge is 0.341 e. The van der Waals surface area contributed by atoms with Crippen LogP contribution in [0.3, 0.4) is 0 Å². The quantitative estimate of drug-likeness (QED) is 0.671. The van der Waals surface area contributed by atoms with Crippen LogP contribution in [0, 0.1) is 5.92 Å². The predicted molar refractivity (Wildman–Crippen MR) is 104 cm³/mol. The summed E-state index contributed by atoms with van der Waals surface area (Å²) in [4.78, 5) is 36.1. The van der Waals surface area contributed by atoms with Crippen LogP contribution in [0.2, 0.25) is 0 Å². The molecule has 0 fully saturated rings. The lowest BCUT2D eigenvalue weighted by Crippen LogP contribution is -2.27. The minimum atomic E-state index is -0.456. The average Bonchev–Trinajstić information content (AvgIpc) is 3.24. The van der Waals surface area contributed by atoms with E-state index < -0.39 is 5.97 Å². The number of carbonyl (C=O) groups excluding carboxylic acids is 3. The first-order valence-electron chi connectivity index (χ1n) is 8.21. The van der Waals surface area contributed by atoms with Crippen LogP contribution in [0.5, 0.6) is 0 Å². The molecule has 0 spiro atoms. The summed E-state index contributed by atoms with van der Waals surface area (Å²) in [6.07, 6.45) is 0.849. The van der Waals surface area contributed by atoms with E-state index in [0.717, 1.165) is 12.0 Å². The molecular weight excluding hydrogens is 372 g/mol. The number of thiophene rings is 2. The lowest BCUT2D eigenvalue weighted by molar-refractivity contribution is -0.116. The zero-order valence-corrected chi connectivity index (χ0v) is 16.6. The number of amides is 2. The summed E-state index contributed by atoms with van der Waals surface area (Å²) in [7, 11) is 1.32. The van der Waals surface area contributed by atoms with Gasteiger partial charge in [-0.2, -0.15) is 11.3 Å². The molecule has 0 unspecified atom stereocenters. The molecule has 0 aliphatic heterocycles. The van der Waals surface area contributed by atoms with Crippen LogP contribution < -0.4 is 10.6 Å². The van der Waals surface area contributed by atoms with Crippen molar-refractivity contribution in [3.63, 3.8) is 0 Å². The molecule has 0 atom stereocenters. The maximum Gasteiger partial charge on any atom is 0.341 e. The molecule has 0 radical (unpaired) electrons. The molecule has 0 aromatic carbocycles. The van der Waals surface area contributed by atoms with E-state index in [2.05, 4.69) is 24.5 Å². The molecule has 8 heteroatoms. The zero-order chi connectivity index (χ0) is 19.1. The number of ether oxygens (including phenoxy) is 1. The van der Waals surface area contributed by atoms with Crippen molar-refractivity contribution in [3.05, 3.63) is 38.9 Å². The van der Waals surface area contributed by atoms with Gasteiger partial charge >= 0.3 is 5.97 Å². The highest BCUT2D eigenvalue weighted by Gasteiger charge is 2.21. The maximum atomic E-state index is 12.2. The van der Waals surface area contributed by atoms with E-state index in [-0.39, 0.29) is 24.8 Å². The topological polar surface area (TPSA) is 84.5 Å². The van der Waals surface area contributed by atoms with Crippen molar-refractivity contribution in [1.29, 1.82) is 0 Å². The summed E-state index contributed by atoms with van der Waals surface area (Å²) >= 11 is 2.75. The summed E-state index contributed by atoms with van der Waals surface area (Å²) in [5, 5.41) is 11.4. The predicted octanol–water partition coefficient (Wildman–Crippen LogP) is 3.55. The second-order valence-electron chi connectivity index (χ2n) is 6.12. The Bertz CT molecular complexity index is 766. The molecule has 0 aliphatic rings. The van der Waals surface area contributed by atoms with Crippen molar-refractivity contribution in [3.8, 4) is 0 Å². The maximum absolute atomic E-state index is 12.2. The molecule has 26 heavy (non-hydrogen) atoms. The number of methoxy groups -OCH3 is 1. The molecule has 6 nitrogen and oxygen atoms in total. The lowest BCUT2D eigenvalue weighted by atomic mass is 10.0. The fraction of sp³-hybridized carbons (Fsp3) is 0.389. The Morgan fingerprint density at radius 1 is 1.23 bits per heavy atom. The van der Waals surface area contributed by atoms with Gasteiger partial charge in [0.1, 0.15) is 5.00 Å². The summed E-state index contributed by atoms with van der Waals surface area (Å²) in [6, 6.07) is 1.73. The van der Waals surface area contributed by atoms with E-state index in [1.165, 1.54) is 29.8 Å². The summed E-state index contributed by atoms with van der Waals surface area (Å²) in [6.45, 7) is 4.35. The SMILES string of the molecule is COC(=O)c1c(CC(C)C)csc1NC(=O)CCNC(=O)c1ccsc1. The molecular formula is C18H22N2O4S2. The monoisotopic (exact) mass is 394 g/mol. The van der Waals surface area contributed by atoms with Gasteiger partial charge in [-0.05, 0) is 34.7 Å². The van der Waals surface area contributed by atoms with Crippen LogP contribution >= 0.6 is 22.7 Å². The third-order valence-electron chi connectivity index (χ3n) is 3.56. The van der Waals surface area contributed by atoms with Crippen molar-refractivity contribution in [1.82, 2.24) is 5.32 Å². The first kappa shape index (κ1) is 20.1. The Morgan fingerprint density at radius 3 is 2.62 bits per heavy atom. The Kier molecular flexibility index (Phi) is 7.35. The highest BCUT2D eigenvalue weighted by atomic mass is 32.1. The number of esters is 1. The molecule has 0 saturated heterocycles. The van der Waals surface area contributed by atoms with Crippen molar-refractivity contribution in [2.45, 2.75) is 26.7 Å². The van der Waals surface area contributed by atoms with Gasteiger partial charge in [0.2, 0.25) is 5.91 Å². The molecule has 0 saturated carbocycles. The van der Waals surface area contributed by atoms with E-state index >= 15 is 0 Å². The number of carbonyl (C=O) groups is 3. The molecule has 2 heterocycles. The van der Waals surface area contributed by atoms with Crippen molar-refractivity contribution < 1.29 is 19.1 Å². The second kappa shape index (κ2) is 9.49. The molecule has 0 bridgehead atoms. The first-order chi connectivity index (χ1) is 12.4. The molecule has 2 aromatic rings. The zero-order valence-electron chi connectivity index (χ0n) is 15.0. The highest BCUT2D eigenvalue weighted by Crippen LogP contribution is 2.30. The van der Waals surface area contributed by atoms with Crippen LogP contribution in [0.4, 0.5) is 5.00 Å². The Labute approximate surface area is 160 Å². The summed E-state index contributed by atoms with van der Waals surface area (Å²) < 4.78 is 4.85. The van der Waals surface area contributed by atoms with Crippen molar-refractivity contribution >= 4 is 45.5 Å². The van der Waals surface area contributed by atoms with Gasteiger partial charge < -0.3 is 15.4 Å². The second-order valence-corrected chi connectivity index (χ2v) is 7.78. The number of rotatable bonds is 8. The van der Waals surface area contributed by atoms with Gasteiger partial charge in [-0.15, -0.1) is 11.3 Å². The van der Waals surface area contributed by atoms with Gasteiger partial charge in [-0.3, -0.25) is 9.59 Å². The summed E-state index contributed by atoms with van der Waals surface area (Å²) in [5.74, 6) is -0.546. The van der Waals surface area contributed by atoms with Gasteiger partial charge in [0.05, 0.1) is 12.7 Å². The molecule has 140 valence electrons. The minimum Gasteiger partial charge on any atom is -0.465 e. The van der Waals surface area contributed by atoms with Gasteiger partial charge in [0.25, 0.3) is 5.91 Å². The van der Waals surface area contributed by atoms with Gasteiger partial charge in [0.15, 0.2) is 0 Å². The number of hydrogen-bond donors (Lipinski definition) is 2. The van der Waals surface area contributed by atoms with Gasteiger partial charge in [0, 0.05) is 23.9 Å². The first-order valence-corrected chi connectivity index (χ1v) is 10.0. The normalized spacial score (nSPS) is 10.6. The van der Waals surface area contributed by atoms with Crippen LogP contribution in [0.1, 0.15) is 46.5 Å². The molecule has 2 amide bonds. The van der Waals surface area contributed by atoms with E-state index in [1.54, 1.807) is 11.4 Å².